The van der Waals surface area contributed by atoms with Crippen LogP contribution in [0.15, 0.2) is 73.0 Å². The Morgan fingerprint density at radius 2 is 1.90 bits per heavy atom. The van der Waals surface area contributed by atoms with Gasteiger partial charge in [0.05, 0.1) is 11.0 Å². The summed E-state index contributed by atoms with van der Waals surface area (Å²) in [5, 5.41) is 3.02. The molecule has 1 atom stereocenters. The number of benzene rings is 3. The van der Waals surface area contributed by atoms with E-state index in [4.69, 9.17) is 9.72 Å². The van der Waals surface area contributed by atoms with Crippen molar-refractivity contribution >= 4 is 34.4 Å². The van der Waals surface area contributed by atoms with Gasteiger partial charge in [0.15, 0.2) is 17.9 Å². The molecular weight excluding hydrogens is 532 g/mol. The molecule has 4 aromatic rings. The van der Waals surface area contributed by atoms with Gasteiger partial charge in [0.25, 0.3) is 5.92 Å². The van der Waals surface area contributed by atoms with Crippen molar-refractivity contribution in [3.63, 3.8) is 0 Å². The minimum absolute atomic E-state index is 0.0754. The van der Waals surface area contributed by atoms with Crippen molar-refractivity contribution in [1.29, 1.82) is 0 Å². The predicted octanol–water partition coefficient (Wildman–Crippen LogP) is 8.75. The Labute approximate surface area is 236 Å². The molecule has 1 aromatic heterocycles. The van der Waals surface area contributed by atoms with Crippen molar-refractivity contribution in [2.45, 2.75) is 51.4 Å². The molecule has 0 bridgehead atoms. The van der Waals surface area contributed by atoms with E-state index in [1.807, 2.05) is 29.2 Å². The van der Waals surface area contributed by atoms with Crippen LogP contribution in [0.2, 0.25) is 0 Å². The summed E-state index contributed by atoms with van der Waals surface area (Å²) in [6, 6.07) is 16.2. The van der Waals surface area contributed by atoms with E-state index in [0.29, 0.717) is 55.2 Å². The Hall–Kier alpha value is -4.23. The quantitative estimate of drug-likeness (QED) is 0.163. The van der Waals surface area contributed by atoms with Gasteiger partial charge < -0.3 is 15.0 Å². The van der Waals surface area contributed by atoms with E-state index in [-0.39, 0.29) is 17.4 Å². The van der Waals surface area contributed by atoms with Crippen LogP contribution in [-0.4, -0.2) is 28.7 Å². The van der Waals surface area contributed by atoms with Crippen LogP contribution in [0.1, 0.15) is 50.5 Å². The number of ether oxygens (including phenoxy) is 1. The van der Waals surface area contributed by atoms with Gasteiger partial charge in [0.1, 0.15) is 6.10 Å². The van der Waals surface area contributed by atoms with Crippen molar-refractivity contribution in [3.05, 3.63) is 89.9 Å². The van der Waals surface area contributed by atoms with Gasteiger partial charge >= 0.3 is 0 Å². The lowest BCUT2D eigenvalue weighted by molar-refractivity contribution is 0.0175. The van der Waals surface area contributed by atoms with Gasteiger partial charge in [-0.05, 0) is 42.8 Å². The number of hydrogen-bond acceptors (Lipinski definition) is 4. The first-order chi connectivity index (χ1) is 19.7. The van der Waals surface area contributed by atoms with Crippen molar-refractivity contribution < 1.29 is 22.3 Å². The number of piperidine rings is 1. The molecule has 0 spiro atoms. The number of nitrogens with one attached hydrogen (secondary N) is 1. The Morgan fingerprint density at radius 3 is 2.61 bits per heavy atom. The van der Waals surface area contributed by atoms with Crippen molar-refractivity contribution in [2.24, 2.45) is 0 Å². The van der Waals surface area contributed by atoms with Crippen molar-refractivity contribution in [2.75, 3.05) is 23.3 Å². The summed E-state index contributed by atoms with van der Waals surface area (Å²) in [6.07, 6.45) is 1.64. The zero-order valence-corrected chi connectivity index (χ0v) is 23.0. The monoisotopic (exact) mass is 564 g/mol. The normalized spacial score (nSPS) is 15.0. The minimum Gasteiger partial charge on any atom is -0.487 e. The third-order valence-corrected chi connectivity index (χ3v) is 7.22. The number of aromatic nitrogens is 2. The van der Waals surface area contributed by atoms with Crippen LogP contribution in [0.4, 0.5) is 34.9 Å². The largest absolute Gasteiger partial charge is 0.487 e. The summed E-state index contributed by atoms with van der Waals surface area (Å²) >= 11 is 0. The number of rotatable bonds is 9. The lowest BCUT2D eigenvalue weighted by atomic mass is 10.1. The fourth-order valence-corrected chi connectivity index (χ4v) is 5.09. The first-order valence-electron chi connectivity index (χ1n) is 13.6. The maximum atomic E-state index is 15.2. The molecule has 5 rings (SSSR count). The highest BCUT2D eigenvalue weighted by molar-refractivity contribution is 5.79. The number of para-hydroxylation sites is 2. The molecule has 0 amide bonds. The standard InChI is InChI=1S/C32H32F4N4O/c1-4-9-21-18-29(25(33)20-27(21)37-23-11-8-10-22(19-23)32(3,35)36)41-24-14-16-39(17-15-24)31-38-26-12-6-7-13-28(26)40(31)30(34)5-2/h6-13,18-20,24,30,37H,1,5,14-17H2,2-3H3. The van der Waals surface area contributed by atoms with Gasteiger partial charge in [-0.1, -0.05) is 37.8 Å². The van der Waals surface area contributed by atoms with E-state index in [9.17, 15) is 13.2 Å². The summed E-state index contributed by atoms with van der Waals surface area (Å²) in [5.74, 6) is -2.93. The molecule has 0 saturated carbocycles. The van der Waals surface area contributed by atoms with E-state index in [2.05, 4.69) is 17.6 Å². The van der Waals surface area contributed by atoms with Gasteiger partial charge in [0.2, 0.25) is 5.95 Å². The van der Waals surface area contributed by atoms with E-state index in [1.165, 1.54) is 24.3 Å². The maximum Gasteiger partial charge on any atom is 0.270 e. The molecule has 41 heavy (non-hydrogen) atoms. The second-order valence-electron chi connectivity index (χ2n) is 10.2. The lowest BCUT2D eigenvalue weighted by Crippen LogP contribution is -2.39. The second-order valence-corrected chi connectivity index (χ2v) is 10.2. The Balaban J connectivity index is 1.32. The van der Waals surface area contributed by atoms with Gasteiger partial charge in [-0.2, -0.15) is 0 Å². The molecule has 1 aliphatic rings. The molecule has 0 aliphatic carbocycles. The second kappa shape index (κ2) is 11.7. The number of imidazole rings is 1. The summed E-state index contributed by atoms with van der Waals surface area (Å²) in [7, 11) is 0. The predicted molar refractivity (Wildman–Crippen MR) is 155 cm³/mol. The number of fused-ring (bicyclic) bond motifs is 1. The van der Waals surface area contributed by atoms with Gasteiger partial charge in [0, 0.05) is 61.4 Å². The zero-order chi connectivity index (χ0) is 29.1. The highest BCUT2D eigenvalue weighted by Gasteiger charge is 2.28. The summed E-state index contributed by atoms with van der Waals surface area (Å²) < 4.78 is 65.5. The van der Waals surface area contributed by atoms with Crippen LogP contribution >= 0.6 is 0 Å². The summed E-state index contributed by atoms with van der Waals surface area (Å²) in [6.45, 7) is 7.39. The number of alkyl halides is 3. The molecule has 0 radical (unpaired) electrons. The van der Waals surface area contributed by atoms with Gasteiger partial charge in [-0.3, -0.25) is 4.57 Å². The molecular formula is C32H32F4N4O. The van der Waals surface area contributed by atoms with Crippen LogP contribution in [0.5, 0.6) is 5.75 Å². The SMILES string of the molecule is C=C=Cc1cc(OC2CCN(c3nc4ccccc4n3C(F)CC)CC2)c(F)cc1Nc1cccc(C(C)(F)F)c1. The molecule has 3 aromatic carbocycles. The number of anilines is 3. The summed E-state index contributed by atoms with van der Waals surface area (Å²) in [5.41, 5.74) is 5.35. The smallest absolute Gasteiger partial charge is 0.270 e. The number of nitrogens with zero attached hydrogens (tertiary/aromatic N) is 3. The van der Waals surface area contributed by atoms with Crippen molar-refractivity contribution in [3.8, 4) is 5.75 Å². The Morgan fingerprint density at radius 1 is 1.15 bits per heavy atom. The zero-order valence-electron chi connectivity index (χ0n) is 23.0. The van der Waals surface area contributed by atoms with E-state index >= 15 is 4.39 Å². The summed E-state index contributed by atoms with van der Waals surface area (Å²) in [4.78, 5) is 6.75. The Bertz CT molecular complexity index is 1580. The fourth-order valence-electron chi connectivity index (χ4n) is 5.09. The van der Waals surface area contributed by atoms with E-state index < -0.39 is 18.0 Å². The molecule has 5 nitrogen and oxygen atoms in total. The van der Waals surface area contributed by atoms with Crippen LogP contribution in [0, 0.1) is 5.82 Å². The molecule has 9 heteroatoms. The van der Waals surface area contributed by atoms with Crippen LogP contribution in [-0.2, 0) is 5.92 Å². The van der Waals surface area contributed by atoms with Crippen molar-refractivity contribution in [1.82, 2.24) is 9.55 Å². The van der Waals surface area contributed by atoms with Crippen LogP contribution in [0.3, 0.4) is 0 Å². The number of hydrogen-bond donors (Lipinski definition) is 1. The maximum absolute atomic E-state index is 15.2. The van der Waals surface area contributed by atoms with Crippen LogP contribution in [0.25, 0.3) is 17.1 Å². The first-order valence-corrected chi connectivity index (χ1v) is 13.6. The topological polar surface area (TPSA) is 42.3 Å². The average molecular weight is 565 g/mol. The minimum atomic E-state index is -3.00. The van der Waals surface area contributed by atoms with E-state index in [1.54, 1.807) is 29.7 Å². The Kier molecular flexibility index (Phi) is 8.08. The molecule has 1 aliphatic heterocycles. The van der Waals surface area contributed by atoms with Gasteiger partial charge in [-0.15, -0.1) is 5.73 Å². The highest BCUT2D eigenvalue weighted by Crippen LogP contribution is 2.35. The molecule has 1 unspecified atom stereocenters. The molecule has 1 N–H and O–H groups in total. The molecule has 1 saturated heterocycles. The van der Waals surface area contributed by atoms with E-state index in [0.717, 1.165) is 18.0 Å². The molecule has 1 fully saturated rings. The molecule has 214 valence electrons. The van der Waals surface area contributed by atoms with Gasteiger partial charge in [-0.25, -0.2) is 22.5 Å². The average Bonchev–Trinajstić information content (AvgIpc) is 3.35. The third-order valence-electron chi connectivity index (χ3n) is 7.22. The van der Waals surface area contributed by atoms with Crippen LogP contribution < -0.4 is 15.0 Å². The fraction of sp³-hybridized carbons (Fsp3) is 0.312. The third kappa shape index (κ3) is 6.10. The number of halogens is 4. The first kappa shape index (κ1) is 28.3. The highest BCUT2D eigenvalue weighted by atomic mass is 19.3. The lowest BCUT2D eigenvalue weighted by Gasteiger charge is -2.33. The molecule has 2 heterocycles.